The average molecular weight is 310 g/mol. The van der Waals surface area contributed by atoms with E-state index in [0.29, 0.717) is 0 Å². The van der Waals surface area contributed by atoms with Gasteiger partial charge in [-0.1, -0.05) is 0 Å². The Balaban J connectivity index is 1.72. The van der Waals surface area contributed by atoms with E-state index >= 15 is 0 Å². The standard InChI is InChI=1S/C14H22N4S2/c1-20-12-2-5-16-14(19)18-10-8-17(9-11-18)13-3-6-15-7-4-13/h3-4,6-7H,2,5,8-12H2,1H3,(H,16,19). The second-order valence-corrected chi connectivity index (χ2v) is 6.13. The second kappa shape index (κ2) is 8.32. The number of thiocarbonyl (C=S) groups is 1. The summed E-state index contributed by atoms with van der Waals surface area (Å²) in [5.41, 5.74) is 1.25. The third kappa shape index (κ3) is 4.52. The average Bonchev–Trinajstić information content (AvgIpc) is 2.52. The number of rotatable bonds is 5. The number of hydrogen-bond acceptors (Lipinski definition) is 4. The van der Waals surface area contributed by atoms with Gasteiger partial charge in [0.2, 0.25) is 0 Å². The molecule has 0 amide bonds. The minimum absolute atomic E-state index is 0.903. The van der Waals surface area contributed by atoms with Crippen LogP contribution in [0.15, 0.2) is 24.5 Å². The second-order valence-electron chi connectivity index (χ2n) is 4.76. The maximum absolute atomic E-state index is 5.46. The van der Waals surface area contributed by atoms with Gasteiger partial charge in [-0.25, -0.2) is 0 Å². The fraction of sp³-hybridized carbons (Fsp3) is 0.571. The van der Waals surface area contributed by atoms with E-state index in [9.17, 15) is 0 Å². The summed E-state index contributed by atoms with van der Waals surface area (Å²) in [5, 5.41) is 4.26. The van der Waals surface area contributed by atoms with Crippen molar-refractivity contribution in [1.82, 2.24) is 15.2 Å². The maximum Gasteiger partial charge on any atom is 0.169 e. The molecule has 0 bridgehead atoms. The van der Waals surface area contributed by atoms with Crippen molar-refractivity contribution in [1.29, 1.82) is 0 Å². The highest BCUT2D eigenvalue weighted by Gasteiger charge is 2.18. The molecule has 0 aromatic carbocycles. The zero-order valence-corrected chi connectivity index (χ0v) is 13.6. The van der Waals surface area contributed by atoms with Crippen LogP contribution in [0.25, 0.3) is 0 Å². The molecule has 0 atom stereocenters. The van der Waals surface area contributed by atoms with Crippen LogP contribution in [-0.2, 0) is 0 Å². The lowest BCUT2D eigenvalue weighted by Crippen LogP contribution is -2.51. The molecule has 1 fully saturated rings. The molecule has 0 saturated carbocycles. The van der Waals surface area contributed by atoms with E-state index in [1.807, 2.05) is 24.2 Å². The smallest absolute Gasteiger partial charge is 0.169 e. The highest BCUT2D eigenvalue weighted by molar-refractivity contribution is 7.98. The molecule has 1 N–H and O–H groups in total. The zero-order chi connectivity index (χ0) is 14.2. The van der Waals surface area contributed by atoms with Gasteiger partial charge in [0.25, 0.3) is 0 Å². The van der Waals surface area contributed by atoms with Crippen molar-refractivity contribution in [2.24, 2.45) is 0 Å². The molecule has 1 saturated heterocycles. The van der Waals surface area contributed by atoms with Gasteiger partial charge in [-0.2, -0.15) is 11.8 Å². The van der Waals surface area contributed by atoms with Crippen LogP contribution < -0.4 is 10.2 Å². The number of aromatic nitrogens is 1. The molecule has 0 spiro atoms. The summed E-state index contributed by atoms with van der Waals surface area (Å²) in [6, 6.07) is 4.13. The largest absolute Gasteiger partial charge is 0.368 e. The Hall–Kier alpha value is -1.01. The Kier molecular flexibility index (Phi) is 6.39. The van der Waals surface area contributed by atoms with Crippen LogP contribution in [0.5, 0.6) is 0 Å². The summed E-state index contributed by atoms with van der Waals surface area (Å²) < 4.78 is 0. The number of piperazine rings is 1. The Morgan fingerprint density at radius 1 is 1.30 bits per heavy atom. The van der Waals surface area contributed by atoms with Crippen LogP contribution in [0.1, 0.15) is 6.42 Å². The molecule has 0 radical (unpaired) electrons. The first-order chi connectivity index (χ1) is 9.81. The Morgan fingerprint density at radius 3 is 2.65 bits per heavy atom. The van der Waals surface area contributed by atoms with Crippen LogP contribution in [0.3, 0.4) is 0 Å². The third-order valence-electron chi connectivity index (χ3n) is 3.40. The number of anilines is 1. The number of thioether (sulfide) groups is 1. The molecule has 20 heavy (non-hydrogen) atoms. The van der Waals surface area contributed by atoms with Crippen LogP contribution >= 0.6 is 24.0 Å². The predicted octanol–water partition coefficient (Wildman–Crippen LogP) is 1.83. The highest BCUT2D eigenvalue weighted by Crippen LogP contribution is 2.14. The predicted molar refractivity (Wildman–Crippen MR) is 91.6 cm³/mol. The lowest BCUT2D eigenvalue weighted by atomic mass is 10.3. The highest BCUT2D eigenvalue weighted by atomic mass is 32.2. The van der Waals surface area contributed by atoms with E-state index in [4.69, 9.17) is 12.2 Å². The minimum atomic E-state index is 0.903. The normalized spacial score (nSPS) is 15.2. The van der Waals surface area contributed by atoms with Crippen LogP contribution in [0.4, 0.5) is 5.69 Å². The van der Waals surface area contributed by atoms with Gasteiger partial charge < -0.3 is 15.1 Å². The first kappa shape index (κ1) is 15.4. The number of nitrogens with zero attached hydrogens (tertiary/aromatic N) is 3. The van der Waals surface area contributed by atoms with Gasteiger partial charge in [0, 0.05) is 50.8 Å². The van der Waals surface area contributed by atoms with Gasteiger partial charge in [0.15, 0.2) is 5.11 Å². The SMILES string of the molecule is CSCCCNC(=S)N1CCN(c2ccncc2)CC1. The van der Waals surface area contributed by atoms with Crippen LogP contribution in [-0.4, -0.2) is 59.7 Å². The monoisotopic (exact) mass is 310 g/mol. The molecule has 4 nitrogen and oxygen atoms in total. The summed E-state index contributed by atoms with van der Waals surface area (Å²) in [5.74, 6) is 1.19. The quantitative estimate of drug-likeness (QED) is 0.660. The molecule has 0 unspecified atom stereocenters. The van der Waals surface area contributed by atoms with E-state index in [0.717, 1.165) is 44.3 Å². The Morgan fingerprint density at radius 2 is 2.00 bits per heavy atom. The van der Waals surface area contributed by atoms with Crippen molar-refractivity contribution in [2.45, 2.75) is 6.42 Å². The third-order valence-corrected chi connectivity index (χ3v) is 4.50. The van der Waals surface area contributed by atoms with E-state index in [1.165, 1.54) is 11.4 Å². The van der Waals surface area contributed by atoms with E-state index < -0.39 is 0 Å². The number of pyridine rings is 1. The van der Waals surface area contributed by atoms with E-state index in [1.54, 1.807) is 0 Å². The lowest BCUT2D eigenvalue weighted by Gasteiger charge is -2.37. The summed E-state index contributed by atoms with van der Waals surface area (Å²) >= 11 is 7.34. The van der Waals surface area contributed by atoms with Crippen molar-refractivity contribution < 1.29 is 0 Å². The van der Waals surface area contributed by atoms with E-state index in [-0.39, 0.29) is 0 Å². The van der Waals surface area contributed by atoms with Crippen LogP contribution in [0, 0.1) is 0 Å². The fourth-order valence-corrected chi connectivity index (χ4v) is 2.96. The Bertz CT molecular complexity index is 405. The van der Waals surface area contributed by atoms with Crippen molar-refractivity contribution >= 4 is 34.8 Å². The summed E-state index contributed by atoms with van der Waals surface area (Å²) in [4.78, 5) is 8.72. The lowest BCUT2D eigenvalue weighted by molar-refractivity contribution is 0.380. The maximum atomic E-state index is 5.46. The zero-order valence-electron chi connectivity index (χ0n) is 11.9. The molecule has 2 rings (SSSR count). The van der Waals surface area contributed by atoms with Crippen molar-refractivity contribution in [2.75, 3.05) is 49.6 Å². The molecule has 1 aliphatic heterocycles. The topological polar surface area (TPSA) is 31.4 Å². The number of hydrogen-bond donors (Lipinski definition) is 1. The van der Waals surface area contributed by atoms with Gasteiger partial charge >= 0.3 is 0 Å². The molecule has 2 heterocycles. The summed E-state index contributed by atoms with van der Waals surface area (Å²) in [6.45, 7) is 4.96. The Labute approximate surface area is 130 Å². The van der Waals surface area contributed by atoms with Gasteiger partial charge in [-0.15, -0.1) is 0 Å². The summed E-state index contributed by atoms with van der Waals surface area (Å²) in [7, 11) is 0. The molecule has 1 aliphatic rings. The first-order valence-corrected chi connectivity index (χ1v) is 8.78. The fourth-order valence-electron chi connectivity index (χ4n) is 2.25. The number of nitrogens with one attached hydrogen (secondary N) is 1. The van der Waals surface area contributed by atoms with Crippen LogP contribution in [0.2, 0.25) is 0 Å². The first-order valence-electron chi connectivity index (χ1n) is 6.98. The van der Waals surface area contributed by atoms with Crippen molar-refractivity contribution in [3.8, 4) is 0 Å². The molecule has 110 valence electrons. The van der Waals surface area contributed by atoms with Crippen molar-refractivity contribution in [3.63, 3.8) is 0 Å². The molecule has 0 aliphatic carbocycles. The molecule has 1 aromatic heterocycles. The molecular weight excluding hydrogens is 288 g/mol. The molecule has 1 aromatic rings. The van der Waals surface area contributed by atoms with Gasteiger partial charge in [0.05, 0.1) is 0 Å². The molecular formula is C14H22N4S2. The minimum Gasteiger partial charge on any atom is -0.368 e. The summed E-state index contributed by atoms with van der Waals surface area (Å²) in [6.07, 6.45) is 6.99. The van der Waals surface area contributed by atoms with E-state index in [2.05, 4.69) is 38.5 Å². The van der Waals surface area contributed by atoms with Gasteiger partial charge in [0.1, 0.15) is 0 Å². The van der Waals surface area contributed by atoms with Gasteiger partial charge in [-0.3, -0.25) is 4.98 Å². The van der Waals surface area contributed by atoms with Crippen molar-refractivity contribution in [3.05, 3.63) is 24.5 Å². The van der Waals surface area contributed by atoms with Gasteiger partial charge in [-0.05, 0) is 42.8 Å². The molecule has 6 heteroatoms.